The van der Waals surface area contributed by atoms with Crippen LogP contribution in [0.15, 0.2) is 72.8 Å². The summed E-state index contributed by atoms with van der Waals surface area (Å²) in [6.07, 6.45) is -0.528. The van der Waals surface area contributed by atoms with E-state index in [0.717, 1.165) is 11.3 Å². The van der Waals surface area contributed by atoms with Crippen molar-refractivity contribution in [2.75, 3.05) is 12.4 Å². The third kappa shape index (κ3) is 3.62. The van der Waals surface area contributed by atoms with Gasteiger partial charge in [0.1, 0.15) is 11.9 Å². The molecule has 146 valence electrons. The number of para-hydroxylation sites is 1. The van der Waals surface area contributed by atoms with Gasteiger partial charge in [0, 0.05) is 29.9 Å². The van der Waals surface area contributed by atoms with Gasteiger partial charge in [-0.05, 0) is 29.8 Å². The van der Waals surface area contributed by atoms with Crippen LogP contribution in [0, 0.1) is 10.1 Å². The maximum atomic E-state index is 13.3. The number of nitro groups is 1. The lowest BCUT2D eigenvalue weighted by Crippen LogP contribution is -2.42. The first kappa shape index (κ1) is 18.5. The number of nitrogens with one attached hydrogen (secondary N) is 1. The van der Waals surface area contributed by atoms with Gasteiger partial charge >= 0.3 is 0 Å². The Bertz CT molecular complexity index is 1070. The van der Waals surface area contributed by atoms with Crippen LogP contribution in [-0.4, -0.2) is 22.8 Å². The van der Waals surface area contributed by atoms with Crippen LogP contribution in [0.3, 0.4) is 0 Å². The number of anilines is 1. The van der Waals surface area contributed by atoms with Crippen molar-refractivity contribution in [3.63, 3.8) is 0 Å². The Morgan fingerprint density at radius 3 is 2.55 bits per heavy atom. The molecule has 0 bridgehead atoms. The highest BCUT2D eigenvalue weighted by Gasteiger charge is 2.33. The molecule has 1 aliphatic heterocycles. The van der Waals surface area contributed by atoms with Crippen LogP contribution in [-0.2, 0) is 6.54 Å². The molecule has 4 rings (SSSR count). The van der Waals surface area contributed by atoms with Gasteiger partial charge in [-0.1, -0.05) is 36.4 Å². The molecule has 3 aromatic rings. The first-order chi connectivity index (χ1) is 14.1. The fraction of sp³-hybridized carbons (Fsp3) is 0.136. The number of rotatable bonds is 5. The Balaban J connectivity index is 1.74. The van der Waals surface area contributed by atoms with Gasteiger partial charge in [-0.15, -0.1) is 0 Å². The van der Waals surface area contributed by atoms with E-state index in [-0.39, 0.29) is 11.6 Å². The third-order valence-corrected chi connectivity index (χ3v) is 4.93. The number of hydrogen-bond donors (Lipinski definition) is 1. The second-order valence-electron chi connectivity index (χ2n) is 6.73. The minimum absolute atomic E-state index is 0.0139. The summed E-state index contributed by atoms with van der Waals surface area (Å²) < 4.78 is 5.20. The summed E-state index contributed by atoms with van der Waals surface area (Å²) in [4.78, 5) is 25.7. The van der Waals surface area contributed by atoms with Gasteiger partial charge < -0.3 is 15.0 Å². The summed E-state index contributed by atoms with van der Waals surface area (Å²) >= 11 is 0. The number of carbonyl (C=O) groups is 1. The molecule has 1 N–H and O–H groups in total. The first-order valence-corrected chi connectivity index (χ1v) is 9.10. The molecule has 7 nitrogen and oxygen atoms in total. The molecule has 1 atom stereocenters. The zero-order valence-electron chi connectivity index (χ0n) is 15.7. The molecule has 3 aromatic carbocycles. The molecule has 0 aromatic heterocycles. The van der Waals surface area contributed by atoms with E-state index in [9.17, 15) is 14.9 Å². The molecule has 0 saturated heterocycles. The van der Waals surface area contributed by atoms with Crippen LogP contribution >= 0.6 is 0 Å². The predicted octanol–water partition coefficient (Wildman–Crippen LogP) is 4.37. The molecular weight excluding hydrogens is 370 g/mol. The number of methoxy groups -OCH3 is 1. The van der Waals surface area contributed by atoms with Crippen molar-refractivity contribution in [2.24, 2.45) is 0 Å². The number of carbonyl (C=O) groups excluding carboxylic acids is 1. The molecule has 1 amide bonds. The van der Waals surface area contributed by atoms with E-state index in [1.807, 2.05) is 42.5 Å². The molecule has 7 heteroatoms. The number of amides is 1. The lowest BCUT2D eigenvalue weighted by atomic mass is 10.0. The maximum Gasteiger partial charge on any atom is 0.269 e. The first-order valence-electron chi connectivity index (χ1n) is 9.10. The van der Waals surface area contributed by atoms with Gasteiger partial charge in [0.25, 0.3) is 11.6 Å². The summed E-state index contributed by atoms with van der Waals surface area (Å²) in [7, 11) is 1.60. The highest BCUT2D eigenvalue weighted by molar-refractivity contribution is 6.01. The van der Waals surface area contributed by atoms with Crippen molar-refractivity contribution in [3.8, 4) is 5.75 Å². The average Bonchev–Trinajstić information content (AvgIpc) is 2.76. The Hall–Kier alpha value is -3.87. The molecule has 0 spiro atoms. The van der Waals surface area contributed by atoms with E-state index in [2.05, 4.69) is 5.32 Å². The van der Waals surface area contributed by atoms with Crippen LogP contribution in [0.5, 0.6) is 5.75 Å². The standard InChI is InChI=1S/C22H19N3O4/c1-29-18-11-9-15(10-12-18)14-24-21(16-5-4-6-17(13-16)25(27)28)23-20-8-3-2-7-19(20)22(24)26/h2-13,21,23H,14H2,1H3. The number of fused-ring (bicyclic) bond motifs is 1. The molecule has 29 heavy (non-hydrogen) atoms. The van der Waals surface area contributed by atoms with Gasteiger partial charge in [0.15, 0.2) is 0 Å². The number of non-ortho nitro benzene ring substituents is 1. The van der Waals surface area contributed by atoms with Gasteiger partial charge in [-0.3, -0.25) is 14.9 Å². The molecule has 1 aliphatic rings. The number of nitrogens with zero attached hydrogens (tertiary/aromatic N) is 2. The molecule has 0 radical (unpaired) electrons. The van der Waals surface area contributed by atoms with E-state index in [1.165, 1.54) is 12.1 Å². The monoisotopic (exact) mass is 389 g/mol. The number of nitro benzene ring substituents is 1. The number of ether oxygens (including phenoxy) is 1. The molecule has 1 heterocycles. The zero-order chi connectivity index (χ0) is 20.4. The number of hydrogen-bond acceptors (Lipinski definition) is 5. The minimum atomic E-state index is -0.528. The lowest BCUT2D eigenvalue weighted by Gasteiger charge is -2.38. The summed E-state index contributed by atoms with van der Waals surface area (Å²) in [5.41, 5.74) is 2.84. The quantitative estimate of drug-likeness (QED) is 0.517. The van der Waals surface area contributed by atoms with Gasteiger partial charge in [0.05, 0.1) is 17.6 Å². The SMILES string of the molecule is COc1ccc(CN2C(=O)c3ccccc3NC2c2cccc([N+](=O)[O-])c2)cc1. The molecule has 1 unspecified atom stereocenters. The second kappa shape index (κ2) is 7.63. The van der Waals surface area contributed by atoms with E-state index >= 15 is 0 Å². The second-order valence-corrected chi connectivity index (χ2v) is 6.73. The zero-order valence-corrected chi connectivity index (χ0v) is 15.7. The molecular formula is C22H19N3O4. The normalized spacial score (nSPS) is 15.4. The van der Waals surface area contributed by atoms with Crippen molar-refractivity contribution < 1.29 is 14.5 Å². The Kier molecular flexibility index (Phi) is 4.87. The topological polar surface area (TPSA) is 84.7 Å². The van der Waals surface area contributed by atoms with Gasteiger partial charge in [-0.2, -0.15) is 0 Å². The van der Waals surface area contributed by atoms with Crippen molar-refractivity contribution >= 4 is 17.3 Å². The van der Waals surface area contributed by atoms with Gasteiger partial charge in [0.2, 0.25) is 0 Å². The van der Waals surface area contributed by atoms with Crippen molar-refractivity contribution in [1.29, 1.82) is 0 Å². The number of benzene rings is 3. The van der Waals surface area contributed by atoms with Gasteiger partial charge in [-0.25, -0.2) is 0 Å². The summed E-state index contributed by atoms with van der Waals surface area (Å²) in [6, 6.07) is 21.1. The highest BCUT2D eigenvalue weighted by atomic mass is 16.6. The molecule has 0 saturated carbocycles. The van der Waals surface area contributed by atoms with E-state index in [1.54, 1.807) is 30.2 Å². The van der Waals surface area contributed by atoms with Crippen LogP contribution in [0.4, 0.5) is 11.4 Å². The summed E-state index contributed by atoms with van der Waals surface area (Å²) in [5.74, 6) is 0.601. The minimum Gasteiger partial charge on any atom is -0.497 e. The summed E-state index contributed by atoms with van der Waals surface area (Å²) in [5, 5.41) is 14.6. The highest BCUT2D eigenvalue weighted by Crippen LogP contribution is 2.35. The van der Waals surface area contributed by atoms with Crippen LogP contribution in [0.25, 0.3) is 0 Å². The Morgan fingerprint density at radius 1 is 1.07 bits per heavy atom. The predicted molar refractivity (Wildman–Crippen MR) is 109 cm³/mol. The smallest absolute Gasteiger partial charge is 0.269 e. The van der Waals surface area contributed by atoms with Crippen LogP contribution in [0.1, 0.15) is 27.7 Å². The fourth-order valence-corrected chi connectivity index (χ4v) is 3.46. The summed E-state index contributed by atoms with van der Waals surface area (Å²) in [6.45, 7) is 0.345. The molecule has 0 fully saturated rings. The Morgan fingerprint density at radius 2 is 1.83 bits per heavy atom. The largest absolute Gasteiger partial charge is 0.497 e. The van der Waals surface area contributed by atoms with Crippen LogP contribution < -0.4 is 10.1 Å². The Labute approximate surface area is 167 Å². The fourth-order valence-electron chi connectivity index (χ4n) is 3.46. The van der Waals surface area contributed by atoms with E-state index in [0.29, 0.717) is 23.4 Å². The average molecular weight is 389 g/mol. The maximum absolute atomic E-state index is 13.3. The van der Waals surface area contributed by atoms with Crippen molar-refractivity contribution in [3.05, 3.63) is 99.6 Å². The van der Waals surface area contributed by atoms with Crippen molar-refractivity contribution in [1.82, 2.24) is 4.90 Å². The van der Waals surface area contributed by atoms with Crippen molar-refractivity contribution in [2.45, 2.75) is 12.7 Å². The molecule has 0 aliphatic carbocycles. The lowest BCUT2D eigenvalue weighted by molar-refractivity contribution is -0.384. The van der Waals surface area contributed by atoms with E-state index < -0.39 is 11.1 Å². The van der Waals surface area contributed by atoms with Crippen LogP contribution in [0.2, 0.25) is 0 Å². The van der Waals surface area contributed by atoms with E-state index in [4.69, 9.17) is 4.74 Å². The third-order valence-electron chi connectivity index (χ3n) is 4.93.